The van der Waals surface area contributed by atoms with Crippen LogP contribution < -0.4 is 5.32 Å². The average Bonchev–Trinajstić information content (AvgIpc) is 2.79. The van der Waals surface area contributed by atoms with Gasteiger partial charge in [0, 0.05) is 0 Å². The molecule has 1 aromatic carbocycles. The van der Waals surface area contributed by atoms with Crippen molar-refractivity contribution in [3.05, 3.63) is 53.2 Å². The number of anilines is 1. The molecule has 0 aliphatic rings. The van der Waals surface area contributed by atoms with E-state index < -0.39 is 6.09 Å². The lowest BCUT2D eigenvalue weighted by molar-refractivity contribution is 0.155. The van der Waals surface area contributed by atoms with Crippen LogP contribution in [0.15, 0.2) is 41.8 Å². The van der Waals surface area contributed by atoms with Gasteiger partial charge in [0.05, 0.1) is 5.00 Å². The van der Waals surface area contributed by atoms with E-state index in [1.54, 1.807) is 18.2 Å². The van der Waals surface area contributed by atoms with E-state index in [0.29, 0.717) is 10.6 Å². The SMILES string of the molecule is O=C(Nc1cccs1)OCc1cccc(F)c1. The zero-order valence-electron chi connectivity index (χ0n) is 8.85. The molecule has 2 rings (SSSR count). The predicted molar refractivity (Wildman–Crippen MR) is 64.5 cm³/mol. The van der Waals surface area contributed by atoms with Crippen molar-refractivity contribution in [1.29, 1.82) is 0 Å². The molecule has 0 atom stereocenters. The smallest absolute Gasteiger partial charge is 0.412 e. The van der Waals surface area contributed by atoms with Gasteiger partial charge in [0.1, 0.15) is 12.4 Å². The van der Waals surface area contributed by atoms with E-state index in [9.17, 15) is 9.18 Å². The molecule has 0 aliphatic heterocycles. The van der Waals surface area contributed by atoms with Crippen molar-refractivity contribution in [3.63, 3.8) is 0 Å². The number of benzene rings is 1. The van der Waals surface area contributed by atoms with Gasteiger partial charge in [-0.05, 0) is 35.2 Å². The van der Waals surface area contributed by atoms with Crippen LogP contribution in [0.1, 0.15) is 5.56 Å². The number of carbonyl (C=O) groups is 1. The summed E-state index contributed by atoms with van der Waals surface area (Å²) in [7, 11) is 0. The Hall–Kier alpha value is -1.88. The number of nitrogens with one attached hydrogen (secondary N) is 1. The van der Waals surface area contributed by atoms with Crippen LogP contribution in [-0.4, -0.2) is 6.09 Å². The van der Waals surface area contributed by atoms with Gasteiger partial charge in [-0.15, -0.1) is 11.3 Å². The van der Waals surface area contributed by atoms with Crippen LogP contribution in [0, 0.1) is 5.82 Å². The summed E-state index contributed by atoms with van der Waals surface area (Å²) in [4.78, 5) is 11.3. The third-order valence-corrected chi connectivity index (χ3v) is 2.79. The van der Waals surface area contributed by atoms with E-state index in [2.05, 4.69) is 5.32 Å². The molecule has 0 unspecified atom stereocenters. The second-order valence-electron chi connectivity index (χ2n) is 3.31. The molecule has 88 valence electrons. The molecule has 3 nitrogen and oxygen atoms in total. The fourth-order valence-electron chi connectivity index (χ4n) is 1.26. The Morgan fingerprint density at radius 3 is 2.94 bits per heavy atom. The summed E-state index contributed by atoms with van der Waals surface area (Å²) in [5.41, 5.74) is 0.617. The molecular weight excluding hydrogens is 241 g/mol. The van der Waals surface area contributed by atoms with Crippen molar-refractivity contribution in [2.24, 2.45) is 0 Å². The van der Waals surface area contributed by atoms with Crippen LogP contribution in [0.3, 0.4) is 0 Å². The summed E-state index contributed by atoms with van der Waals surface area (Å²) in [6.07, 6.45) is -0.545. The molecule has 0 fully saturated rings. The zero-order chi connectivity index (χ0) is 12.1. The van der Waals surface area contributed by atoms with Gasteiger partial charge in [-0.3, -0.25) is 5.32 Å². The zero-order valence-corrected chi connectivity index (χ0v) is 9.67. The second-order valence-corrected chi connectivity index (χ2v) is 4.26. The molecule has 0 saturated carbocycles. The van der Waals surface area contributed by atoms with Crippen molar-refractivity contribution >= 4 is 22.4 Å². The van der Waals surface area contributed by atoms with Gasteiger partial charge in [0.25, 0.3) is 0 Å². The monoisotopic (exact) mass is 251 g/mol. The van der Waals surface area contributed by atoms with Crippen LogP contribution in [0.5, 0.6) is 0 Å². The van der Waals surface area contributed by atoms with E-state index in [1.807, 2.05) is 11.4 Å². The number of hydrogen-bond donors (Lipinski definition) is 1. The first-order chi connectivity index (χ1) is 8.24. The molecule has 17 heavy (non-hydrogen) atoms. The first-order valence-corrected chi connectivity index (χ1v) is 5.84. The van der Waals surface area contributed by atoms with Gasteiger partial charge < -0.3 is 4.74 Å². The van der Waals surface area contributed by atoms with Crippen LogP contribution in [0.4, 0.5) is 14.2 Å². The maximum Gasteiger partial charge on any atom is 0.412 e. The Morgan fingerprint density at radius 1 is 1.35 bits per heavy atom. The van der Waals surface area contributed by atoms with E-state index in [1.165, 1.54) is 23.5 Å². The number of hydrogen-bond acceptors (Lipinski definition) is 3. The Morgan fingerprint density at radius 2 is 2.24 bits per heavy atom. The molecular formula is C12H10FNO2S. The summed E-state index contributed by atoms with van der Waals surface area (Å²) >= 11 is 1.40. The second kappa shape index (κ2) is 5.45. The molecule has 0 spiro atoms. The van der Waals surface area contributed by atoms with Gasteiger partial charge in [0.2, 0.25) is 0 Å². The molecule has 1 N–H and O–H groups in total. The number of ether oxygens (including phenoxy) is 1. The summed E-state index contributed by atoms with van der Waals surface area (Å²) in [6, 6.07) is 9.54. The molecule has 2 aromatic rings. The van der Waals surface area contributed by atoms with Gasteiger partial charge in [0.15, 0.2) is 0 Å². The maximum absolute atomic E-state index is 12.8. The Bertz CT molecular complexity index is 499. The first kappa shape index (κ1) is 11.6. The summed E-state index contributed by atoms with van der Waals surface area (Å²) in [6.45, 7) is 0.0506. The molecule has 0 saturated heterocycles. The highest BCUT2D eigenvalue weighted by Crippen LogP contribution is 2.15. The van der Waals surface area contributed by atoms with E-state index in [0.717, 1.165) is 0 Å². The normalized spacial score (nSPS) is 9.94. The Kier molecular flexibility index (Phi) is 3.72. The number of rotatable bonds is 3. The minimum Gasteiger partial charge on any atom is -0.444 e. The molecule has 0 radical (unpaired) electrons. The highest BCUT2D eigenvalue weighted by Gasteiger charge is 2.04. The van der Waals surface area contributed by atoms with Gasteiger partial charge in [-0.2, -0.15) is 0 Å². The molecule has 0 aliphatic carbocycles. The molecule has 0 bridgehead atoms. The average molecular weight is 251 g/mol. The lowest BCUT2D eigenvalue weighted by Crippen LogP contribution is -2.12. The standard InChI is InChI=1S/C12H10FNO2S/c13-10-4-1-3-9(7-10)8-16-12(15)14-11-5-2-6-17-11/h1-7H,8H2,(H,14,15). The summed E-state index contributed by atoms with van der Waals surface area (Å²) in [5, 5.41) is 5.14. The van der Waals surface area contributed by atoms with Crippen molar-refractivity contribution in [1.82, 2.24) is 0 Å². The van der Waals surface area contributed by atoms with E-state index >= 15 is 0 Å². The third-order valence-electron chi connectivity index (χ3n) is 2.01. The molecule has 5 heteroatoms. The molecule has 1 aromatic heterocycles. The highest BCUT2D eigenvalue weighted by molar-refractivity contribution is 7.14. The fraction of sp³-hybridized carbons (Fsp3) is 0.0833. The maximum atomic E-state index is 12.8. The molecule has 1 heterocycles. The third kappa shape index (κ3) is 3.57. The van der Waals surface area contributed by atoms with E-state index in [-0.39, 0.29) is 12.4 Å². The first-order valence-electron chi connectivity index (χ1n) is 4.96. The van der Waals surface area contributed by atoms with Crippen LogP contribution in [-0.2, 0) is 11.3 Å². The number of amides is 1. The van der Waals surface area contributed by atoms with Gasteiger partial charge in [-0.1, -0.05) is 12.1 Å². The van der Waals surface area contributed by atoms with Crippen molar-refractivity contribution in [2.75, 3.05) is 5.32 Å². The Balaban J connectivity index is 1.84. The van der Waals surface area contributed by atoms with Crippen LogP contribution in [0.2, 0.25) is 0 Å². The quantitative estimate of drug-likeness (QED) is 0.904. The fourth-order valence-corrected chi connectivity index (χ4v) is 1.87. The molecule has 1 amide bonds. The minimum absolute atomic E-state index is 0.0506. The van der Waals surface area contributed by atoms with Crippen molar-refractivity contribution < 1.29 is 13.9 Å². The number of thiophene rings is 1. The minimum atomic E-state index is -0.545. The number of halogens is 1. The lowest BCUT2D eigenvalue weighted by atomic mass is 10.2. The Labute approximate surface area is 102 Å². The number of carbonyl (C=O) groups excluding carboxylic acids is 1. The van der Waals surface area contributed by atoms with Crippen LogP contribution >= 0.6 is 11.3 Å². The van der Waals surface area contributed by atoms with Gasteiger partial charge in [-0.25, -0.2) is 9.18 Å². The lowest BCUT2D eigenvalue weighted by Gasteiger charge is -2.05. The summed E-state index contributed by atoms with van der Waals surface area (Å²) in [5.74, 6) is -0.343. The summed E-state index contributed by atoms with van der Waals surface area (Å²) < 4.78 is 17.8. The van der Waals surface area contributed by atoms with Gasteiger partial charge >= 0.3 is 6.09 Å². The van der Waals surface area contributed by atoms with E-state index in [4.69, 9.17) is 4.74 Å². The van der Waals surface area contributed by atoms with Crippen molar-refractivity contribution in [2.45, 2.75) is 6.61 Å². The topological polar surface area (TPSA) is 38.3 Å². The van der Waals surface area contributed by atoms with Crippen LogP contribution in [0.25, 0.3) is 0 Å². The largest absolute Gasteiger partial charge is 0.444 e. The highest BCUT2D eigenvalue weighted by atomic mass is 32.1. The predicted octanol–water partition coefficient (Wildman–Crippen LogP) is 3.64. The van der Waals surface area contributed by atoms with Crippen molar-refractivity contribution in [3.8, 4) is 0 Å².